The third-order valence-electron chi connectivity index (χ3n) is 5.85. The Balaban J connectivity index is 1.40. The number of esters is 1. The topological polar surface area (TPSA) is 63.7 Å². The van der Waals surface area contributed by atoms with Crippen molar-refractivity contribution in [2.24, 2.45) is 5.92 Å². The van der Waals surface area contributed by atoms with Crippen LogP contribution < -0.4 is 0 Å². The van der Waals surface area contributed by atoms with Crippen LogP contribution in [0, 0.1) is 5.92 Å². The van der Waals surface area contributed by atoms with Gasteiger partial charge in [-0.2, -0.15) is 17.5 Å². The molecular weight excluding hydrogens is 455 g/mol. The lowest BCUT2D eigenvalue weighted by Gasteiger charge is -2.30. The zero-order chi connectivity index (χ0) is 23.6. The number of hydrogen-bond donors (Lipinski definition) is 0. The molecule has 5 nitrogen and oxygen atoms in total. The van der Waals surface area contributed by atoms with Crippen LogP contribution in [-0.2, 0) is 32.3 Å². The van der Waals surface area contributed by atoms with E-state index in [-0.39, 0.29) is 32.5 Å². The third kappa shape index (κ3) is 4.89. The number of nitrogens with zero attached hydrogens (tertiary/aromatic N) is 1. The third-order valence-corrected chi connectivity index (χ3v) is 7.80. The molecule has 1 aliphatic rings. The molecule has 0 spiro atoms. The van der Waals surface area contributed by atoms with E-state index in [0.29, 0.717) is 0 Å². The molecule has 0 atom stereocenters. The first-order chi connectivity index (χ1) is 15.7. The van der Waals surface area contributed by atoms with Gasteiger partial charge in [-0.1, -0.05) is 54.6 Å². The first kappa shape index (κ1) is 23.3. The summed E-state index contributed by atoms with van der Waals surface area (Å²) < 4.78 is 72.1. The van der Waals surface area contributed by atoms with E-state index in [4.69, 9.17) is 4.74 Å². The van der Waals surface area contributed by atoms with Gasteiger partial charge in [-0.15, -0.1) is 0 Å². The van der Waals surface area contributed by atoms with Crippen LogP contribution in [0.4, 0.5) is 13.2 Å². The first-order valence-corrected chi connectivity index (χ1v) is 11.9. The Labute approximate surface area is 189 Å². The van der Waals surface area contributed by atoms with Crippen molar-refractivity contribution < 1.29 is 31.1 Å². The zero-order valence-corrected chi connectivity index (χ0v) is 18.4. The fourth-order valence-corrected chi connectivity index (χ4v) is 5.76. The second kappa shape index (κ2) is 9.15. The molecule has 0 saturated carbocycles. The Morgan fingerprint density at radius 1 is 0.939 bits per heavy atom. The summed E-state index contributed by atoms with van der Waals surface area (Å²) in [6.07, 6.45) is -4.42. The highest BCUT2D eigenvalue weighted by atomic mass is 32.2. The van der Waals surface area contributed by atoms with Crippen LogP contribution in [-0.4, -0.2) is 31.8 Å². The maximum atomic E-state index is 13.3. The quantitative estimate of drug-likeness (QED) is 0.485. The van der Waals surface area contributed by atoms with E-state index in [1.807, 2.05) is 42.5 Å². The summed E-state index contributed by atoms with van der Waals surface area (Å²) in [4.78, 5) is 11.8. The second-order valence-electron chi connectivity index (χ2n) is 7.92. The highest BCUT2D eigenvalue weighted by Crippen LogP contribution is 2.36. The molecule has 4 rings (SSSR count). The molecule has 1 aliphatic heterocycles. The second-order valence-corrected chi connectivity index (χ2v) is 9.82. The van der Waals surface area contributed by atoms with Crippen molar-refractivity contribution in [3.8, 4) is 0 Å². The minimum atomic E-state index is -4.78. The molecule has 0 bridgehead atoms. The molecule has 174 valence electrons. The number of benzene rings is 3. The van der Waals surface area contributed by atoms with E-state index >= 15 is 0 Å². The molecule has 0 radical (unpaired) electrons. The fourth-order valence-electron chi connectivity index (χ4n) is 4.08. The Hall–Kier alpha value is -2.91. The lowest BCUT2D eigenvalue weighted by atomic mass is 9.98. The van der Waals surface area contributed by atoms with Crippen LogP contribution in [0.5, 0.6) is 0 Å². The van der Waals surface area contributed by atoms with Crippen molar-refractivity contribution in [3.05, 3.63) is 77.9 Å². The summed E-state index contributed by atoms with van der Waals surface area (Å²) in [6, 6.07) is 17.6. The molecule has 1 heterocycles. The number of rotatable bonds is 5. The predicted octanol–water partition coefficient (Wildman–Crippen LogP) is 5.00. The largest absolute Gasteiger partial charge is 0.461 e. The summed E-state index contributed by atoms with van der Waals surface area (Å²) >= 11 is 0. The van der Waals surface area contributed by atoms with Crippen LogP contribution in [0.3, 0.4) is 0 Å². The van der Waals surface area contributed by atoms with Gasteiger partial charge < -0.3 is 4.74 Å². The minimum Gasteiger partial charge on any atom is -0.461 e. The highest BCUT2D eigenvalue weighted by Gasteiger charge is 2.40. The lowest BCUT2D eigenvalue weighted by Crippen LogP contribution is -2.41. The van der Waals surface area contributed by atoms with Crippen molar-refractivity contribution in [2.45, 2.75) is 30.5 Å². The summed E-state index contributed by atoms with van der Waals surface area (Å²) in [7, 11) is -4.34. The van der Waals surface area contributed by atoms with Crippen LogP contribution >= 0.6 is 0 Å². The number of alkyl halides is 3. The molecule has 0 N–H and O–H groups in total. The number of sulfonamides is 1. The van der Waals surface area contributed by atoms with Crippen molar-refractivity contribution >= 4 is 26.8 Å². The lowest BCUT2D eigenvalue weighted by molar-refractivity contribution is -0.151. The van der Waals surface area contributed by atoms with Crippen molar-refractivity contribution in [1.82, 2.24) is 4.31 Å². The molecule has 3 aromatic rings. The molecule has 0 unspecified atom stereocenters. The van der Waals surface area contributed by atoms with Crippen LogP contribution in [0.15, 0.2) is 71.6 Å². The summed E-state index contributed by atoms with van der Waals surface area (Å²) in [6.45, 7) is -0.0111. The van der Waals surface area contributed by atoms with Gasteiger partial charge in [-0.25, -0.2) is 8.42 Å². The summed E-state index contributed by atoms with van der Waals surface area (Å²) in [5.74, 6) is -0.944. The average molecular weight is 478 g/mol. The number of ether oxygens (including phenoxy) is 1. The zero-order valence-electron chi connectivity index (χ0n) is 17.6. The van der Waals surface area contributed by atoms with Gasteiger partial charge in [-0.3, -0.25) is 4.79 Å². The summed E-state index contributed by atoms with van der Waals surface area (Å²) in [5, 5.41) is 2.01. The van der Waals surface area contributed by atoms with Crippen molar-refractivity contribution in [2.75, 3.05) is 13.1 Å². The first-order valence-electron chi connectivity index (χ1n) is 10.5. The van der Waals surface area contributed by atoms with Crippen LogP contribution in [0.2, 0.25) is 0 Å². The molecular formula is C24H22F3NO4S. The monoisotopic (exact) mass is 477 g/mol. The number of carbonyl (C=O) groups excluding carboxylic acids is 1. The molecule has 0 aliphatic carbocycles. The van der Waals surface area contributed by atoms with Gasteiger partial charge in [0.1, 0.15) is 6.61 Å². The normalized spacial score (nSPS) is 16.1. The van der Waals surface area contributed by atoms with Gasteiger partial charge in [0.25, 0.3) is 0 Å². The molecule has 33 heavy (non-hydrogen) atoms. The van der Waals surface area contributed by atoms with Gasteiger partial charge >= 0.3 is 12.1 Å². The van der Waals surface area contributed by atoms with Gasteiger partial charge in [0.15, 0.2) is 0 Å². The molecule has 1 saturated heterocycles. The van der Waals surface area contributed by atoms with Gasteiger partial charge in [0.05, 0.1) is 16.4 Å². The molecule has 3 aromatic carbocycles. The number of piperidine rings is 1. The van der Waals surface area contributed by atoms with E-state index in [0.717, 1.165) is 38.8 Å². The van der Waals surface area contributed by atoms with E-state index < -0.39 is 38.5 Å². The average Bonchev–Trinajstić information content (AvgIpc) is 2.82. The Morgan fingerprint density at radius 3 is 2.30 bits per heavy atom. The number of hydrogen-bond acceptors (Lipinski definition) is 4. The standard InChI is InChI=1S/C24H22F3NO4S/c25-24(26,27)21-10-3-4-11-22(21)33(30,31)28-14-12-18(13-15-28)23(29)32-16-19-8-5-7-17-6-1-2-9-20(17)19/h1-11,18H,12-16H2. The Morgan fingerprint density at radius 2 is 1.58 bits per heavy atom. The van der Waals surface area contributed by atoms with E-state index in [9.17, 15) is 26.4 Å². The van der Waals surface area contributed by atoms with E-state index in [2.05, 4.69) is 0 Å². The predicted molar refractivity (Wildman–Crippen MR) is 117 cm³/mol. The Bertz CT molecular complexity index is 1260. The SMILES string of the molecule is O=C(OCc1cccc2ccccc12)C1CCN(S(=O)(=O)c2ccccc2C(F)(F)F)CC1. The fraction of sp³-hybridized carbons (Fsp3) is 0.292. The Kier molecular flexibility index (Phi) is 6.45. The number of carbonyl (C=O) groups is 1. The van der Waals surface area contributed by atoms with Gasteiger partial charge in [0, 0.05) is 13.1 Å². The molecule has 1 fully saturated rings. The molecule has 0 amide bonds. The van der Waals surface area contributed by atoms with Crippen molar-refractivity contribution in [1.29, 1.82) is 0 Å². The molecule has 0 aromatic heterocycles. The highest BCUT2D eigenvalue weighted by molar-refractivity contribution is 7.89. The van der Waals surface area contributed by atoms with Crippen LogP contribution in [0.25, 0.3) is 10.8 Å². The van der Waals surface area contributed by atoms with Crippen LogP contribution in [0.1, 0.15) is 24.0 Å². The van der Waals surface area contributed by atoms with E-state index in [1.165, 1.54) is 6.07 Å². The number of fused-ring (bicyclic) bond motifs is 1. The summed E-state index contributed by atoms with van der Waals surface area (Å²) in [5.41, 5.74) is -0.327. The van der Waals surface area contributed by atoms with Gasteiger partial charge in [-0.05, 0) is 41.3 Å². The van der Waals surface area contributed by atoms with Crippen molar-refractivity contribution in [3.63, 3.8) is 0 Å². The molecule has 9 heteroatoms. The van der Waals surface area contributed by atoms with Gasteiger partial charge in [0.2, 0.25) is 10.0 Å². The number of halogens is 3. The van der Waals surface area contributed by atoms with E-state index in [1.54, 1.807) is 0 Å². The smallest absolute Gasteiger partial charge is 0.417 e. The maximum absolute atomic E-state index is 13.3. The maximum Gasteiger partial charge on any atom is 0.417 e. The minimum absolute atomic E-state index is 0.0530.